The normalized spacial score (nSPS) is 21.5. The van der Waals surface area contributed by atoms with Crippen molar-refractivity contribution in [1.82, 2.24) is 9.80 Å². The lowest BCUT2D eigenvalue weighted by atomic mass is 9.81. The van der Waals surface area contributed by atoms with Crippen molar-refractivity contribution in [3.8, 4) is 0 Å². The second kappa shape index (κ2) is 7.06. The molecule has 2 saturated heterocycles. The Morgan fingerprint density at radius 2 is 1.59 bits per heavy atom. The van der Waals surface area contributed by atoms with Gasteiger partial charge in [0.2, 0.25) is 5.91 Å². The Morgan fingerprint density at radius 3 is 2.22 bits per heavy atom. The van der Waals surface area contributed by atoms with Crippen molar-refractivity contribution in [2.45, 2.75) is 30.7 Å². The van der Waals surface area contributed by atoms with Crippen molar-refractivity contribution in [3.05, 3.63) is 66.2 Å². The number of carbonyl (C=O) groups is 2. The Hall–Kier alpha value is -2.82. The molecule has 1 unspecified atom stereocenters. The summed E-state index contributed by atoms with van der Waals surface area (Å²) in [4.78, 5) is 29.2. The van der Waals surface area contributed by atoms with Crippen LogP contribution in [0, 0.1) is 0 Å². The Bertz CT molecular complexity index is 814. The average molecular weight is 363 g/mol. The van der Waals surface area contributed by atoms with Crippen LogP contribution in [-0.4, -0.2) is 47.4 Å². The SMILES string of the molecule is CN1C(=O)C(c2ccccc2)CC12CCN(C(=O)Nc1ccccc1)CC2. The minimum Gasteiger partial charge on any atom is -0.339 e. The van der Waals surface area contributed by atoms with Gasteiger partial charge >= 0.3 is 6.03 Å². The first-order valence-electron chi connectivity index (χ1n) is 9.53. The summed E-state index contributed by atoms with van der Waals surface area (Å²) in [6, 6.07) is 19.5. The minimum absolute atomic E-state index is 0.0670. The van der Waals surface area contributed by atoms with Crippen LogP contribution in [-0.2, 0) is 4.79 Å². The van der Waals surface area contributed by atoms with Gasteiger partial charge in [-0.15, -0.1) is 0 Å². The Balaban J connectivity index is 1.42. The molecule has 3 amide bonds. The molecule has 5 nitrogen and oxygen atoms in total. The predicted octanol–water partition coefficient (Wildman–Crippen LogP) is 3.70. The molecular formula is C22H25N3O2. The van der Waals surface area contributed by atoms with Crippen molar-refractivity contribution < 1.29 is 9.59 Å². The van der Waals surface area contributed by atoms with Gasteiger partial charge < -0.3 is 15.1 Å². The molecule has 2 aromatic rings. The molecule has 5 heteroatoms. The van der Waals surface area contributed by atoms with E-state index in [1.54, 1.807) is 0 Å². The topological polar surface area (TPSA) is 52.7 Å². The fraction of sp³-hybridized carbons (Fsp3) is 0.364. The summed E-state index contributed by atoms with van der Waals surface area (Å²) in [7, 11) is 1.92. The number of carbonyl (C=O) groups excluding carboxylic acids is 2. The van der Waals surface area contributed by atoms with Crippen molar-refractivity contribution in [3.63, 3.8) is 0 Å². The molecule has 1 N–H and O–H groups in total. The largest absolute Gasteiger partial charge is 0.339 e. The van der Waals surface area contributed by atoms with Gasteiger partial charge in [-0.25, -0.2) is 4.79 Å². The first-order valence-corrected chi connectivity index (χ1v) is 9.53. The second-order valence-corrected chi connectivity index (χ2v) is 7.57. The molecular weight excluding hydrogens is 338 g/mol. The number of piperidine rings is 1. The molecule has 0 aliphatic carbocycles. The molecule has 27 heavy (non-hydrogen) atoms. The highest BCUT2D eigenvalue weighted by Crippen LogP contribution is 2.44. The number of amides is 3. The van der Waals surface area contributed by atoms with E-state index < -0.39 is 0 Å². The van der Waals surface area contributed by atoms with Crippen LogP contribution in [0.15, 0.2) is 60.7 Å². The first kappa shape index (κ1) is 17.6. The fourth-order valence-corrected chi connectivity index (χ4v) is 4.41. The molecule has 0 saturated carbocycles. The number of urea groups is 1. The molecule has 2 aliphatic rings. The predicted molar refractivity (Wildman–Crippen MR) is 106 cm³/mol. The van der Waals surface area contributed by atoms with Gasteiger partial charge in [-0.1, -0.05) is 48.5 Å². The minimum atomic E-state index is -0.138. The number of nitrogens with one attached hydrogen (secondary N) is 1. The zero-order valence-electron chi connectivity index (χ0n) is 15.6. The third-order valence-corrected chi connectivity index (χ3v) is 6.13. The highest BCUT2D eigenvalue weighted by atomic mass is 16.2. The summed E-state index contributed by atoms with van der Waals surface area (Å²) in [5.74, 6) is 0.129. The molecule has 2 aromatic carbocycles. The maximum absolute atomic E-state index is 12.9. The van der Waals surface area contributed by atoms with E-state index in [9.17, 15) is 9.59 Å². The van der Waals surface area contributed by atoms with Gasteiger partial charge in [0, 0.05) is 31.4 Å². The average Bonchev–Trinajstić information content (AvgIpc) is 2.95. The number of rotatable bonds is 2. The summed E-state index contributed by atoms with van der Waals surface area (Å²) in [5, 5.41) is 2.95. The maximum Gasteiger partial charge on any atom is 0.321 e. The van der Waals surface area contributed by atoms with Crippen LogP contribution in [0.1, 0.15) is 30.7 Å². The smallest absolute Gasteiger partial charge is 0.321 e. The molecule has 0 bridgehead atoms. The molecule has 1 atom stereocenters. The lowest BCUT2D eigenvalue weighted by Crippen LogP contribution is -2.53. The second-order valence-electron chi connectivity index (χ2n) is 7.57. The number of benzene rings is 2. The van der Waals surface area contributed by atoms with E-state index in [-0.39, 0.29) is 23.4 Å². The van der Waals surface area contributed by atoms with E-state index >= 15 is 0 Å². The lowest BCUT2D eigenvalue weighted by Gasteiger charge is -2.43. The van der Waals surface area contributed by atoms with E-state index in [0.717, 1.165) is 30.5 Å². The van der Waals surface area contributed by atoms with Crippen LogP contribution in [0.4, 0.5) is 10.5 Å². The number of likely N-dealkylation sites (N-methyl/N-ethyl adjacent to an activating group) is 1. The highest BCUT2D eigenvalue weighted by Gasteiger charge is 2.50. The summed E-state index contributed by atoms with van der Waals surface area (Å²) in [6.45, 7) is 1.33. The number of para-hydroxylation sites is 1. The van der Waals surface area contributed by atoms with Crippen LogP contribution in [0.2, 0.25) is 0 Å². The van der Waals surface area contributed by atoms with Gasteiger partial charge in [0.25, 0.3) is 0 Å². The van der Waals surface area contributed by atoms with E-state index in [4.69, 9.17) is 0 Å². The summed E-state index contributed by atoms with van der Waals surface area (Å²) < 4.78 is 0. The standard InChI is InChI=1S/C22H25N3O2/c1-24-20(26)19(17-8-4-2-5-9-17)16-22(24)12-14-25(15-13-22)21(27)23-18-10-6-3-7-11-18/h2-11,19H,12-16H2,1H3,(H,23,27). The molecule has 2 fully saturated rings. The van der Waals surface area contributed by atoms with Crippen molar-refractivity contribution >= 4 is 17.6 Å². The van der Waals surface area contributed by atoms with Crippen LogP contribution >= 0.6 is 0 Å². The Morgan fingerprint density at radius 1 is 1.00 bits per heavy atom. The van der Waals surface area contributed by atoms with Gasteiger partial charge in [0.15, 0.2) is 0 Å². The highest BCUT2D eigenvalue weighted by molar-refractivity contribution is 5.90. The first-order chi connectivity index (χ1) is 13.1. The van der Waals surface area contributed by atoms with Crippen LogP contribution in [0.3, 0.4) is 0 Å². The van der Waals surface area contributed by atoms with Gasteiger partial charge in [-0.05, 0) is 37.0 Å². The number of anilines is 1. The molecule has 0 aromatic heterocycles. The summed E-state index contributed by atoms with van der Waals surface area (Å²) in [6.07, 6.45) is 2.47. The zero-order chi connectivity index (χ0) is 18.9. The third-order valence-electron chi connectivity index (χ3n) is 6.13. The van der Waals surface area contributed by atoms with E-state index in [1.165, 1.54) is 0 Å². The van der Waals surface area contributed by atoms with Gasteiger partial charge in [-0.3, -0.25) is 4.79 Å². The lowest BCUT2D eigenvalue weighted by molar-refractivity contribution is -0.131. The number of likely N-dealkylation sites (tertiary alicyclic amines) is 2. The van der Waals surface area contributed by atoms with Gasteiger partial charge in [-0.2, -0.15) is 0 Å². The Labute approximate surface area is 160 Å². The molecule has 4 rings (SSSR count). The monoisotopic (exact) mass is 363 g/mol. The molecule has 2 heterocycles. The van der Waals surface area contributed by atoms with Crippen LogP contribution < -0.4 is 5.32 Å². The summed E-state index contributed by atoms with van der Waals surface area (Å²) in [5.41, 5.74) is 1.76. The summed E-state index contributed by atoms with van der Waals surface area (Å²) >= 11 is 0. The number of hydrogen-bond donors (Lipinski definition) is 1. The van der Waals surface area contributed by atoms with Crippen molar-refractivity contribution in [2.24, 2.45) is 0 Å². The van der Waals surface area contributed by atoms with Crippen molar-refractivity contribution in [1.29, 1.82) is 0 Å². The van der Waals surface area contributed by atoms with Crippen molar-refractivity contribution in [2.75, 3.05) is 25.5 Å². The van der Waals surface area contributed by atoms with Gasteiger partial charge in [0.1, 0.15) is 0 Å². The van der Waals surface area contributed by atoms with E-state index in [2.05, 4.69) is 5.32 Å². The number of hydrogen-bond acceptors (Lipinski definition) is 2. The molecule has 1 spiro atoms. The maximum atomic E-state index is 12.9. The van der Waals surface area contributed by atoms with Gasteiger partial charge in [0.05, 0.1) is 5.92 Å². The van der Waals surface area contributed by atoms with Crippen LogP contribution in [0.25, 0.3) is 0 Å². The zero-order valence-corrected chi connectivity index (χ0v) is 15.6. The quantitative estimate of drug-likeness (QED) is 0.884. The van der Waals surface area contributed by atoms with Crippen LogP contribution in [0.5, 0.6) is 0 Å². The molecule has 2 aliphatic heterocycles. The van der Waals surface area contributed by atoms with E-state index in [1.807, 2.05) is 77.5 Å². The fourth-order valence-electron chi connectivity index (χ4n) is 4.41. The third kappa shape index (κ3) is 3.29. The molecule has 0 radical (unpaired) electrons. The number of nitrogens with zero attached hydrogens (tertiary/aromatic N) is 2. The Kier molecular flexibility index (Phi) is 4.60. The van der Waals surface area contributed by atoms with E-state index in [0.29, 0.717) is 13.1 Å². The molecule has 140 valence electrons.